The van der Waals surface area contributed by atoms with E-state index in [-0.39, 0.29) is 36.9 Å². The van der Waals surface area contributed by atoms with Crippen molar-refractivity contribution in [3.05, 3.63) is 0 Å². The van der Waals surface area contributed by atoms with E-state index in [2.05, 4.69) is 13.8 Å². The van der Waals surface area contributed by atoms with Crippen molar-refractivity contribution in [3.63, 3.8) is 0 Å². The third-order valence-electron chi connectivity index (χ3n) is 6.01. The van der Waals surface area contributed by atoms with Crippen molar-refractivity contribution in [2.24, 2.45) is 17.8 Å². The normalized spacial score (nSPS) is 26.9. The Morgan fingerprint density at radius 3 is 1.62 bits per heavy atom. The van der Waals surface area contributed by atoms with Gasteiger partial charge in [0.05, 0.1) is 51.0 Å². The number of aliphatic hydroxyl groups is 2. The molecule has 0 amide bonds. The van der Waals surface area contributed by atoms with Gasteiger partial charge in [-0.25, -0.2) is 0 Å². The summed E-state index contributed by atoms with van der Waals surface area (Å²) in [4.78, 5) is 0. The number of hydrogen-bond acceptors (Lipinski definition) is 9. The summed E-state index contributed by atoms with van der Waals surface area (Å²) in [5.41, 5.74) is 0. The van der Waals surface area contributed by atoms with E-state index in [0.717, 1.165) is 25.7 Å². The first-order chi connectivity index (χ1) is 15.5. The SMILES string of the molecule is CC[C@H](C)[C@@H](O)CO.CC[C@H](C)[C@@H]1COC(C)(C)O1.C[C@@H](COS(C)(=O)=O)[C@@H]1COC(C)(C)O1. The van der Waals surface area contributed by atoms with E-state index in [4.69, 9.17) is 33.3 Å². The molecule has 2 aliphatic heterocycles. The smallest absolute Gasteiger partial charge is 0.264 e. The molecule has 0 spiro atoms. The van der Waals surface area contributed by atoms with Crippen molar-refractivity contribution in [1.29, 1.82) is 0 Å². The maximum Gasteiger partial charge on any atom is 0.264 e. The van der Waals surface area contributed by atoms with Crippen molar-refractivity contribution < 1.29 is 41.8 Å². The molecule has 34 heavy (non-hydrogen) atoms. The summed E-state index contributed by atoms with van der Waals surface area (Å²) in [6.45, 7) is 19.0. The Bertz CT molecular complexity index is 643. The second kappa shape index (κ2) is 15.0. The molecule has 0 saturated carbocycles. The van der Waals surface area contributed by atoms with Gasteiger partial charge < -0.3 is 29.2 Å². The van der Waals surface area contributed by atoms with E-state index >= 15 is 0 Å². The maximum atomic E-state index is 10.8. The molecule has 0 radical (unpaired) electrons. The number of ether oxygens (including phenoxy) is 4. The van der Waals surface area contributed by atoms with Crippen LogP contribution < -0.4 is 0 Å². The van der Waals surface area contributed by atoms with Crippen LogP contribution >= 0.6 is 0 Å². The van der Waals surface area contributed by atoms with E-state index < -0.39 is 22.0 Å². The summed E-state index contributed by atoms with van der Waals surface area (Å²) >= 11 is 0. The van der Waals surface area contributed by atoms with E-state index in [9.17, 15) is 8.42 Å². The molecular weight excluding hydrogens is 464 g/mol. The largest absolute Gasteiger partial charge is 0.394 e. The summed E-state index contributed by atoms with van der Waals surface area (Å²) in [6, 6.07) is 0. The second-order valence-corrected chi connectivity index (χ2v) is 11.9. The zero-order valence-electron chi connectivity index (χ0n) is 22.9. The van der Waals surface area contributed by atoms with Gasteiger partial charge in [0, 0.05) is 5.92 Å². The van der Waals surface area contributed by atoms with E-state index in [1.54, 1.807) is 0 Å². The molecule has 206 valence electrons. The van der Waals surface area contributed by atoms with E-state index in [0.29, 0.717) is 18.6 Å². The number of rotatable bonds is 9. The van der Waals surface area contributed by atoms with Crippen LogP contribution in [0.25, 0.3) is 0 Å². The first-order valence-corrected chi connectivity index (χ1v) is 14.0. The van der Waals surface area contributed by atoms with Gasteiger partial charge in [-0.3, -0.25) is 4.18 Å². The highest BCUT2D eigenvalue weighted by Crippen LogP contribution is 2.28. The Balaban J connectivity index is 0.000000507. The summed E-state index contributed by atoms with van der Waals surface area (Å²) in [7, 11) is -3.37. The predicted octanol–water partition coefficient (Wildman–Crippen LogP) is 3.32. The first-order valence-electron chi connectivity index (χ1n) is 12.2. The van der Waals surface area contributed by atoms with Gasteiger partial charge in [-0.15, -0.1) is 0 Å². The molecule has 2 rings (SSSR count). The zero-order chi connectivity index (χ0) is 26.7. The molecule has 2 saturated heterocycles. The molecule has 10 heteroatoms. The average molecular weight is 515 g/mol. The third kappa shape index (κ3) is 14.3. The minimum atomic E-state index is -3.37. The molecule has 2 aliphatic rings. The molecule has 9 nitrogen and oxygen atoms in total. The Labute approximate surface area is 207 Å². The fraction of sp³-hybridized carbons (Fsp3) is 1.00. The minimum absolute atomic E-state index is 0.0125. The van der Waals surface area contributed by atoms with Gasteiger partial charge in [-0.05, 0) is 39.5 Å². The standard InChI is InChI=1S/C9H18O5S.C9H18O2.C6H14O2/c1-7(5-13-15(4,10)11)8-6-12-9(2,3)14-8;1-5-7(2)8-6-10-9(3,4)11-8;1-3-5(2)6(8)4-7/h7-8H,5-6H2,1-4H3;7-8H,5-6H2,1-4H3;5-8H,3-4H2,1-2H3/t2*7-,8-;5-,6-/m000/s1. The van der Waals surface area contributed by atoms with Gasteiger partial charge >= 0.3 is 0 Å². The summed E-state index contributed by atoms with van der Waals surface area (Å²) in [5.74, 6) is -0.115. The molecule has 0 aromatic heterocycles. The lowest BCUT2D eigenvalue weighted by Crippen LogP contribution is -2.28. The molecule has 2 heterocycles. The average Bonchev–Trinajstić information content (AvgIpc) is 3.31. The van der Waals surface area contributed by atoms with Crippen molar-refractivity contribution in [3.8, 4) is 0 Å². The Kier molecular flexibility index (Phi) is 14.9. The molecule has 2 fully saturated rings. The molecule has 0 aromatic rings. The fourth-order valence-electron chi connectivity index (χ4n) is 3.04. The van der Waals surface area contributed by atoms with Crippen molar-refractivity contribution in [2.75, 3.05) is 32.7 Å². The lowest BCUT2D eigenvalue weighted by Gasteiger charge is -2.20. The van der Waals surface area contributed by atoms with Gasteiger partial charge in [0.25, 0.3) is 10.1 Å². The van der Waals surface area contributed by atoms with Crippen LogP contribution in [-0.2, 0) is 33.2 Å². The van der Waals surface area contributed by atoms with Crippen LogP contribution in [0.4, 0.5) is 0 Å². The molecule has 0 unspecified atom stereocenters. The van der Waals surface area contributed by atoms with Gasteiger partial charge in [0.15, 0.2) is 11.6 Å². The summed E-state index contributed by atoms with van der Waals surface area (Å²) in [5, 5.41) is 17.3. The van der Waals surface area contributed by atoms with Gasteiger partial charge in [-0.2, -0.15) is 8.42 Å². The maximum absolute atomic E-state index is 10.8. The molecule has 0 aliphatic carbocycles. The molecule has 6 atom stereocenters. The molecule has 2 N–H and O–H groups in total. The van der Waals surface area contributed by atoms with Gasteiger partial charge in [-0.1, -0.05) is 47.5 Å². The molecule has 0 bridgehead atoms. The minimum Gasteiger partial charge on any atom is -0.394 e. The highest BCUT2D eigenvalue weighted by atomic mass is 32.2. The van der Waals surface area contributed by atoms with Gasteiger partial charge in [0.1, 0.15) is 0 Å². The second-order valence-electron chi connectivity index (χ2n) is 10.2. The van der Waals surface area contributed by atoms with Crippen LogP contribution in [0.2, 0.25) is 0 Å². The predicted molar refractivity (Wildman–Crippen MR) is 132 cm³/mol. The van der Waals surface area contributed by atoms with Crippen LogP contribution in [0.3, 0.4) is 0 Å². The molecule has 0 aromatic carbocycles. The van der Waals surface area contributed by atoms with E-state index in [1.807, 2.05) is 48.5 Å². The highest BCUT2D eigenvalue weighted by molar-refractivity contribution is 7.85. The lowest BCUT2D eigenvalue weighted by atomic mass is 10.0. The summed E-state index contributed by atoms with van der Waals surface area (Å²) < 4.78 is 48.4. The molecular formula is C24H50O9S. The third-order valence-corrected chi connectivity index (χ3v) is 6.57. The van der Waals surface area contributed by atoms with Crippen LogP contribution in [0.15, 0.2) is 0 Å². The van der Waals surface area contributed by atoms with Gasteiger partial charge in [0.2, 0.25) is 0 Å². The van der Waals surface area contributed by atoms with Crippen LogP contribution in [0.5, 0.6) is 0 Å². The highest BCUT2D eigenvalue weighted by Gasteiger charge is 2.36. The Morgan fingerprint density at radius 1 is 0.912 bits per heavy atom. The zero-order valence-corrected chi connectivity index (χ0v) is 23.7. The number of aliphatic hydroxyl groups excluding tert-OH is 2. The van der Waals surface area contributed by atoms with Crippen LogP contribution in [0, 0.1) is 17.8 Å². The quantitative estimate of drug-likeness (QED) is 0.446. The van der Waals surface area contributed by atoms with Crippen molar-refractivity contribution in [1.82, 2.24) is 0 Å². The number of hydrogen-bond donors (Lipinski definition) is 2. The summed E-state index contributed by atoms with van der Waals surface area (Å²) in [6.07, 6.45) is 2.78. The first kappa shape index (κ1) is 33.7. The lowest BCUT2D eigenvalue weighted by molar-refractivity contribution is -0.145. The van der Waals surface area contributed by atoms with Crippen LogP contribution in [0.1, 0.15) is 75.2 Å². The monoisotopic (exact) mass is 514 g/mol. The Morgan fingerprint density at radius 2 is 1.35 bits per heavy atom. The van der Waals surface area contributed by atoms with Crippen LogP contribution in [-0.4, -0.2) is 81.2 Å². The Hall–Kier alpha value is -0.330. The van der Waals surface area contributed by atoms with E-state index in [1.165, 1.54) is 0 Å². The fourth-order valence-corrected chi connectivity index (χ4v) is 3.51. The topological polar surface area (TPSA) is 121 Å². The van der Waals surface area contributed by atoms with Crippen molar-refractivity contribution >= 4 is 10.1 Å². The van der Waals surface area contributed by atoms with Crippen molar-refractivity contribution in [2.45, 2.75) is 105 Å².